The Morgan fingerprint density at radius 2 is 1.64 bits per heavy atom. The fraction of sp³-hybridized carbons (Fsp3) is 0.455. The van der Waals surface area contributed by atoms with Crippen LogP contribution in [0.2, 0.25) is 0 Å². The van der Waals surface area contributed by atoms with E-state index >= 15 is 0 Å². The Morgan fingerprint density at radius 1 is 1.00 bits per heavy atom. The molecule has 1 saturated heterocycles. The van der Waals surface area contributed by atoms with Gasteiger partial charge in [-0.1, -0.05) is 56.3 Å². The number of halogens is 1. The van der Waals surface area contributed by atoms with Crippen molar-refractivity contribution in [3.8, 4) is 0 Å². The summed E-state index contributed by atoms with van der Waals surface area (Å²) in [5, 5.41) is 10.9. The summed E-state index contributed by atoms with van der Waals surface area (Å²) >= 11 is 0. The highest BCUT2D eigenvalue weighted by atomic mass is 35.5. The van der Waals surface area contributed by atoms with Crippen molar-refractivity contribution in [2.75, 3.05) is 18.0 Å². The predicted octanol–water partition coefficient (Wildman–Crippen LogP) is 5.11. The molecule has 134 valence electrons. The second-order valence-corrected chi connectivity index (χ2v) is 7.84. The van der Waals surface area contributed by atoms with E-state index in [0.29, 0.717) is 5.92 Å². The molecule has 0 amide bonds. The molecule has 0 radical (unpaired) electrons. The van der Waals surface area contributed by atoms with Crippen LogP contribution in [0.25, 0.3) is 0 Å². The highest BCUT2D eigenvalue weighted by molar-refractivity contribution is 5.85. The van der Waals surface area contributed by atoms with Gasteiger partial charge in [0.25, 0.3) is 0 Å². The molecule has 2 aliphatic rings. The van der Waals surface area contributed by atoms with Crippen LogP contribution in [0.3, 0.4) is 0 Å². The number of hydrogen-bond acceptors (Lipinski definition) is 2. The molecule has 1 spiro atoms. The summed E-state index contributed by atoms with van der Waals surface area (Å²) < 4.78 is 0. The molecule has 1 N–H and O–H groups in total. The van der Waals surface area contributed by atoms with Gasteiger partial charge in [0.05, 0.1) is 6.10 Å². The Labute approximate surface area is 157 Å². The summed E-state index contributed by atoms with van der Waals surface area (Å²) in [4.78, 5) is 2.52. The third kappa shape index (κ3) is 3.07. The van der Waals surface area contributed by atoms with Crippen molar-refractivity contribution in [1.29, 1.82) is 0 Å². The highest BCUT2D eigenvalue weighted by Crippen LogP contribution is 2.52. The van der Waals surface area contributed by atoms with Crippen LogP contribution in [-0.4, -0.2) is 18.2 Å². The molecule has 1 fully saturated rings. The zero-order chi connectivity index (χ0) is 16.7. The molecule has 3 heteroatoms. The molecular weight excluding hydrogens is 330 g/mol. The molecule has 25 heavy (non-hydrogen) atoms. The fourth-order valence-corrected chi connectivity index (χ4v) is 4.67. The second kappa shape index (κ2) is 7.01. The normalized spacial score (nSPS) is 21.3. The molecule has 2 aromatic rings. The van der Waals surface area contributed by atoms with Gasteiger partial charge in [-0.15, -0.1) is 12.4 Å². The first-order valence-corrected chi connectivity index (χ1v) is 9.20. The highest BCUT2D eigenvalue weighted by Gasteiger charge is 2.46. The van der Waals surface area contributed by atoms with E-state index in [-0.39, 0.29) is 23.9 Å². The van der Waals surface area contributed by atoms with E-state index in [1.54, 1.807) is 0 Å². The average Bonchev–Trinajstić information content (AvgIpc) is 2.88. The van der Waals surface area contributed by atoms with Gasteiger partial charge in [-0.05, 0) is 47.9 Å². The lowest BCUT2D eigenvalue weighted by molar-refractivity contribution is 0.0196. The van der Waals surface area contributed by atoms with Crippen LogP contribution in [0.15, 0.2) is 48.5 Å². The van der Waals surface area contributed by atoms with E-state index < -0.39 is 0 Å². The Kier molecular flexibility index (Phi) is 5.13. The molecule has 0 bridgehead atoms. The third-order valence-electron chi connectivity index (χ3n) is 6.13. The lowest BCUT2D eigenvalue weighted by Gasteiger charge is -2.43. The van der Waals surface area contributed by atoms with Crippen LogP contribution >= 0.6 is 12.4 Å². The number of anilines is 1. The van der Waals surface area contributed by atoms with Crippen LogP contribution < -0.4 is 4.90 Å². The first-order chi connectivity index (χ1) is 11.6. The van der Waals surface area contributed by atoms with Crippen LogP contribution in [0.1, 0.15) is 55.4 Å². The van der Waals surface area contributed by atoms with Crippen molar-refractivity contribution in [2.24, 2.45) is 5.41 Å². The fourth-order valence-electron chi connectivity index (χ4n) is 4.67. The van der Waals surface area contributed by atoms with E-state index in [1.165, 1.54) is 16.8 Å². The van der Waals surface area contributed by atoms with Crippen LogP contribution in [0.4, 0.5) is 5.69 Å². The Morgan fingerprint density at radius 3 is 2.32 bits per heavy atom. The van der Waals surface area contributed by atoms with Crippen molar-refractivity contribution in [3.63, 3.8) is 0 Å². The van der Waals surface area contributed by atoms with Gasteiger partial charge in [0, 0.05) is 24.2 Å². The van der Waals surface area contributed by atoms with Gasteiger partial charge < -0.3 is 10.0 Å². The van der Waals surface area contributed by atoms with Gasteiger partial charge in [0.1, 0.15) is 0 Å². The van der Waals surface area contributed by atoms with Crippen molar-refractivity contribution in [2.45, 2.75) is 45.1 Å². The molecule has 1 unspecified atom stereocenters. The zero-order valence-electron chi connectivity index (χ0n) is 15.1. The predicted molar refractivity (Wildman–Crippen MR) is 107 cm³/mol. The summed E-state index contributed by atoms with van der Waals surface area (Å²) in [6, 6.07) is 17.2. The van der Waals surface area contributed by atoms with Gasteiger partial charge in [0.2, 0.25) is 0 Å². The van der Waals surface area contributed by atoms with E-state index in [2.05, 4.69) is 67.3 Å². The van der Waals surface area contributed by atoms with E-state index in [4.69, 9.17) is 0 Å². The number of aliphatic hydroxyl groups excluding tert-OH is 1. The first kappa shape index (κ1) is 18.3. The lowest BCUT2D eigenvalue weighted by atomic mass is 9.74. The number of aliphatic hydroxyl groups is 1. The number of fused-ring (bicyclic) bond motifs is 1. The minimum Gasteiger partial charge on any atom is -0.388 e. The van der Waals surface area contributed by atoms with Crippen molar-refractivity contribution in [3.05, 3.63) is 65.2 Å². The van der Waals surface area contributed by atoms with Crippen molar-refractivity contribution in [1.82, 2.24) is 0 Å². The monoisotopic (exact) mass is 357 g/mol. The molecule has 1 aliphatic carbocycles. The van der Waals surface area contributed by atoms with Gasteiger partial charge in [-0.25, -0.2) is 0 Å². The van der Waals surface area contributed by atoms with Gasteiger partial charge in [-0.2, -0.15) is 0 Å². The number of rotatable bonds is 2. The summed E-state index contributed by atoms with van der Waals surface area (Å²) in [6.45, 7) is 6.60. The van der Waals surface area contributed by atoms with Crippen LogP contribution in [0, 0.1) is 5.41 Å². The second-order valence-electron chi connectivity index (χ2n) is 7.84. The summed E-state index contributed by atoms with van der Waals surface area (Å²) in [7, 11) is 0. The molecule has 0 saturated carbocycles. The number of hydrogen-bond donors (Lipinski definition) is 1. The number of nitrogens with zero attached hydrogens (tertiary/aromatic N) is 1. The Hall–Kier alpha value is -1.51. The largest absolute Gasteiger partial charge is 0.388 e. The molecule has 1 aliphatic heterocycles. The lowest BCUT2D eigenvalue weighted by Crippen LogP contribution is -2.42. The summed E-state index contributed by atoms with van der Waals surface area (Å²) in [5.41, 5.74) is 5.37. The summed E-state index contributed by atoms with van der Waals surface area (Å²) in [6.07, 6.45) is 2.87. The summed E-state index contributed by atoms with van der Waals surface area (Å²) in [5.74, 6) is 0.540. The van der Waals surface area contributed by atoms with Gasteiger partial charge in [0.15, 0.2) is 0 Å². The molecule has 0 aromatic heterocycles. The van der Waals surface area contributed by atoms with Gasteiger partial charge in [-0.3, -0.25) is 0 Å². The smallest absolute Gasteiger partial charge is 0.0853 e. The number of piperidine rings is 1. The van der Waals surface area contributed by atoms with Crippen molar-refractivity contribution >= 4 is 18.1 Å². The Balaban J connectivity index is 0.00000182. The molecule has 2 aromatic carbocycles. The average molecular weight is 358 g/mol. The molecule has 2 nitrogen and oxygen atoms in total. The quantitative estimate of drug-likeness (QED) is 0.807. The molecule has 4 rings (SSSR count). The minimum atomic E-state index is -0.295. The minimum absolute atomic E-state index is 0. The Bertz CT molecular complexity index is 734. The van der Waals surface area contributed by atoms with E-state index in [0.717, 1.165) is 37.9 Å². The first-order valence-electron chi connectivity index (χ1n) is 9.20. The van der Waals surface area contributed by atoms with E-state index in [1.807, 2.05) is 0 Å². The zero-order valence-corrected chi connectivity index (χ0v) is 15.9. The number of benzene rings is 2. The molecular formula is C22H28ClNO. The van der Waals surface area contributed by atoms with Crippen molar-refractivity contribution < 1.29 is 5.11 Å². The van der Waals surface area contributed by atoms with Gasteiger partial charge >= 0.3 is 0 Å². The molecule has 1 heterocycles. The number of para-hydroxylation sites is 1. The molecule has 1 atom stereocenters. The van der Waals surface area contributed by atoms with E-state index in [9.17, 15) is 5.11 Å². The maximum absolute atomic E-state index is 10.9. The topological polar surface area (TPSA) is 23.5 Å². The SMILES string of the molecule is CC(C)c1ccccc1N1CCC2(CC1)Cc1ccccc1C2O.Cl. The maximum Gasteiger partial charge on any atom is 0.0853 e. The standard InChI is InChI=1S/C22H27NO.ClH/c1-16(2)18-8-5-6-10-20(18)23-13-11-22(12-14-23)15-17-7-3-4-9-19(17)21(22)24;/h3-10,16,21,24H,11-15H2,1-2H3;1H. The maximum atomic E-state index is 10.9. The third-order valence-corrected chi connectivity index (χ3v) is 6.13. The van der Waals surface area contributed by atoms with Crippen LogP contribution in [0.5, 0.6) is 0 Å². The van der Waals surface area contributed by atoms with Crippen LogP contribution in [-0.2, 0) is 6.42 Å².